The molecule has 1 N–H and O–H groups in total. The van der Waals surface area contributed by atoms with E-state index in [1.165, 1.54) is 15.3 Å². The van der Waals surface area contributed by atoms with Gasteiger partial charge in [-0.15, -0.1) is 11.3 Å². The number of hydrogen-bond acceptors (Lipinski definition) is 6. The van der Waals surface area contributed by atoms with Crippen molar-refractivity contribution < 1.29 is 8.42 Å². The number of fused-ring (bicyclic) bond motifs is 1. The summed E-state index contributed by atoms with van der Waals surface area (Å²) in [6.07, 6.45) is 3.26. The largest absolute Gasteiger partial charge is 0.268 e. The van der Waals surface area contributed by atoms with Crippen LogP contribution in [0.3, 0.4) is 0 Å². The zero-order valence-corrected chi connectivity index (χ0v) is 18.4. The highest BCUT2D eigenvalue weighted by Gasteiger charge is 2.18. The molecule has 6 nitrogen and oxygen atoms in total. The minimum Gasteiger partial charge on any atom is -0.253 e. The van der Waals surface area contributed by atoms with E-state index in [1.807, 2.05) is 47.8 Å². The molecule has 158 valence electrons. The molecule has 0 radical (unpaired) electrons. The van der Waals surface area contributed by atoms with Gasteiger partial charge in [-0.3, -0.25) is 5.43 Å². The van der Waals surface area contributed by atoms with Crippen molar-refractivity contribution in [2.24, 2.45) is 5.10 Å². The molecule has 5 rings (SSSR count). The van der Waals surface area contributed by atoms with Gasteiger partial charge in [-0.05, 0) is 35.9 Å². The van der Waals surface area contributed by atoms with E-state index in [4.69, 9.17) is 0 Å². The third kappa shape index (κ3) is 3.93. The van der Waals surface area contributed by atoms with Crippen LogP contribution in [-0.4, -0.2) is 23.6 Å². The SMILES string of the molecule is O=S(=O)(c1ccccc1)n1ccc2cc(C=NNc3nc(-c4ccccc4)cs3)ccc21. The third-order valence-electron chi connectivity index (χ3n) is 4.93. The molecule has 0 amide bonds. The van der Waals surface area contributed by atoms with Crippen LogP contribution in [0.2, 0.25) is 0 Å². The number of aromatic nitrogens is 2. The molecule has 0 unspecified atom stereocenters. The maximum absolute atomic E-state index is 12.9. The molecule has 0 fully saturated rings. The second kappa shape index (κ2) is 8.41. The van der Waals surface area contributed by atoms with Crippen LogP contribution in [0, 0.1) is 0 Å². The van der Waals surface area contributed by atoms with Crippen LogP contribution >= 0.6 is 11.3 Å². The van der Waals surface area contributed by atoms with Gasteiger partial charge in [-0.1, -0.05) is 54.6 Å². The number of hydrogen-bond donors (Lipinski definition) is 1. The van der Waals surface area contributed by atoms with Crippen LogP contribution in [0.15, 0.2) is 107 Å². The molecular formula is C24H18N4O2S2. The highest BCUT2D eigenvalue weighted by molar-refractivity contribution is 7.90. The van der Waals surface area contributed by atoms with Crippen LogP contribution in [0.5, 0.6) is 0 Å². The summed E-state index contributed by atoms with van der Waals surface area (Å²) in [5, 5.41) is 7.77. The lowest BCUT2D eigenvalue weighted by Gasteiger charge is -2.07. The number of benzene rings is 3. The molecule has 8 heteroatoms. The Morgan fingerprint density at radius 3 is 2.47 bits per heavy atom. The summed E-state index contributed by atoms with van der Waals surface area (Å²) >= 11 is 1.48. The molecule has 0 saturated carbocycles. The Balaban J connectivity index is 1.34. The minimum atomic E-state index is -3.64. The van der Waals surface area contributed by atoms with Crippen molar-refractivity contribution in [3.05, 3.63) is 102 Å². The standard InChI is InChI=1S/C24H18N4O2S2/c29-32(30,21-9-5-2-6-10-21)28-14-13-20-15-18(11-12-23(20)28)16-25-27-24-26-22(17-31-24)19-7-3-1-4-8-19/h1-17H,(H,26,27). The monoisotopic (exact) mass is 458 g/mol. The first-order valence-corrected chi connectivity index (χ1v) is 12.1. The van der Waals surface area contributed by atoms with E-state index >= 15 is 0 Å². The van der Waals surface area contributed by atoms with E-state index in [2.05, 4.69) is 15.5 Å². The van der Waals surface area contributed by atoms with E-state index < -0.39 is 10.0 Å². The van der Waals surface area contributed by atoms with Gasteiger partial charge in [0, 0.05) is 22.5 Å². The Hall–Kier alpha value is -3.75. The Kier molecular flexibility index (Phi) is 5.30. The van der Waals surface area contributed by atoms with E-state index in [0.29, 0.717) is 10.6 Å². The van der Waals surface area contributed by atoms with Gasteiger partial charge in [0.15, 0.2) is 0 Å². The topological polar surface area (TPSA) is 76.3 Å². The lowest BCUT2D eigenvalue weighted by Crippen LogP contribution is -2.11. The summed E-state index contributed by atoms with van der Waals surface area (Å²) < 4.78 is 27.2. The zero-order valence-electron chi connectivity index (χ0n) is 16.8. The van der Waals surface area contributed by atoms with E-state index in [-0.39, 0.29) is 4.90 Å². The molecule has 0 atom stereocenters. The van der Waals surface area contributed by atoms with Crippen LogP contribution in [0.4, 0.5) is 5.13 Å². The highest BCUT2D eigenvalue weighted by atomic mass is 32.2. The van der Waals surface area contributed by atoms with Crippen LogP contribution in [0.1, 0.15) is 5.56 Å². The van der Waals surface area contributed by atoms with Gasteiger partial charge in [-0.25, -0.2) is 17.4 Å². The number of thiazole rings is 1. The second-order valence-electron chi connectivity index (χ2n) is 7.02. The Morgan fingerprint density at radius 2 is 1.69 bits per heavy atom. The maximum Gasteiger partial charge on any atom is 0.268 e. The molecule has 0 spiro atoms. The predicted molar refractivity (Wildman–Crippen MR) is 130 cm³/mol. The van der Waals surface area contributed by atoms with Crippen LogP contribution in [-0.2, 0) is 10.0 Å². The van der Waals surface area contributed by atoms with Crippen LogP contribution in [0.25, 0.3) is 22.2 Å². The summed E-state index contributed by atoms with van der Waals surface area (Å²) in [5.74, 6) is 0. The Labute approximate surface area is 189 Å². The van der Waals surface area contributed by atoms with Crippen molar-refractivity contribution in [1.29, 1.82) is 0 Å². The highest BCUT2D eigenvalue weighted by Crippen LogP contribution is 2.25. The van der Waals surface area contributed by atoms with Gasteiger partial charge in [0.05, 0.1) is 22.3 Å². The van der Waals surface area contributed by atoms with Gasteiger partial charge < -0.3 is 0 Å². The number of anilines is 1. The molecule has 2 aromatic heterocycles. The summed E-state index contributed by atoms with van der Waals surface area (Å²) in [7, 11) is -3.64. The van der Waals surface area contributed by atoms with Crippen molar-refractivity contribution in [1.82, 2.24) is 8.96 Å². The van der Waals surface area contributed by atoms with Gasteiger partial charge in [-0.2, -0.15) is 5.10 Å². The van der Waals surface area contributed by atoms with Gasteiger partial charge >= 0.3 is 0 Å². The van der Waals surface area contributed by atoms with Gasteiger partial charge in [0.2, 0.25) is 5.13 Å². The second-order valence-corrected chi connectivity index (χ2v) is 9.69. The molecule has 5 aromatic rings. The summed E-state index contributed by atoms with van der Waals surface area (Å²) in [4.78, 5) is 4.80. The molecule has 0 saturated heterocycles. The average molecular weight is 459 g/mol. The van der Waals surface area contributed by atoms with E-state index in [1.54, 1.807) is 54.9 Å². The molecule has 0 aliphatic carbocycles. The lowest BCUT2D eigenvalue weighted by atomic mass is 10.2. The summed E-state index contributed by atoms with van der Waals surface area (Å²) in [6, 6.07) is 25.7. The maximum atomic E-state index is 12.9. The van der Waals surface area contributed by atoms with Crippen molar-refractivity contribution in [3.8, 4) is 11.3 Å². The molecule has 0 bridgehead atoms. The smallest absolute Gasteiger partial charge is 0.253 e. The van der Waals surface area contributed by atoms with Gasteiger partial charge in [0.25, 0.3) is 10.0 Å². The summed E-state index contributed by atoms with van der Waals surface area (Å²) in [6.45, 7) is 0. The Morgan fingerprint density at radius 1 is 0.938 bits per heavy atom. The molecule has 3 aromatic carbocycles. The number of rotatable bonds is 6. The number of hydrazone groups is 1. The minimum absolute atomic E-state index is 0.255. The first-order valence-electron chi connectivity index (χ1n) is 9.83. The first kappa shape index (κ1) is 20.2. The molecule has 0 aliphatic rings. The lowest BCUT2D eigenvalue weighted by molar-refractivity contribution is 0.589. The summed E-state index contributed by atoms with van der Waals surface area (Å²) in [5.41, 5.74) is 6.38. The molecule has 2 heterocycles. The molecule has 0 aliphatic heterocycles. The van der Waals surface area contributed by atoms with Crippen molar-refractivity contribution in [3.63, 3.8) is 0 Å². The number of nitrogens with zero attached hydrogens (tertiary/aromatic N) is 3. The van der Waals surface area contributed by atoms with Crippen LogP contribution < -0.4 is 5.43 Å². The molecule has 32 heavy (non-hydrogen) atoms. The van der Waals surface area contributed by atoms with Crippen molar-refractivity contribution in [2.45, 2.75) is 4.90 Å². The third-order valence-corrected chi connectivity index (χ3v) is 7.38. The first-order chi connectivity index (χ1) is 15.6. The van der Waals surface area contributed by atoms with E-state index in [9.17, 15) is 8.42 Å². The Bertz CT molecular complexity index is 1510. The molecular weight excluding hydrogens is 440 g/mol. The number of nitrogens with one attached hydrogen (secondary N) is 1. The fourth-order valence-corrected chi connectivity index (χ4v) is 5.40. The van der Waals surface area contributed by atoms with E-state index in [0.717, 1.165) is 22.2 Å². The van der Waals surface area contributed by atoms with Crippen molar-refractivity contribution >= 4 is 43.6 Å². The fraction of sp³-hybridized carbons (Fsp3) is 0. The quantitative estimate of drug-likeness (QED) is 0.271. The normalized spacial score (nSPS) is 11.9. The van der Waals surface area contributed by atoms with Gasteiger partial charge in [0.1, 0.15) is 0 Å². The van der Waals surface area contributed by atoms with Crippen molar-refractivity contribution in [2.75, 3.05) is 5.43 Å². The predicted octanol–water partition coefficient (Wildman–Crippen LogP) is 5.45. The average Bonchev–Trinajstić information content (AvgIpc) is 3.48. The fourth-order valence-electron chi connectivity index (χ4n) is 3.36. The zero-order chi connectivity index (χ0) is 22.0.